The van der Waals surface area contributed by atoms with Crippen LogP contribution in [-0.2, 0) is 5.33 Å². The SMILES string of the molecule is Cc1cc(CBr)cnc1Oc1ccc([N+](=O)[O-])c(Cl)c1. The third-order valence-electron chi connectivity index (χ3n) is 2.57. The first-order valence-electron chi connectivity index (χ1n) is 5.64. The molecule has 0 radical (unpaired) electrons. The van der Waals surface area contributed by atoms with Crippen molar-refractivity contribution in [1.82, 2.24) is 4.98 Å². The van der Waals surface area contributed by atoms with Gasteiger partial charge in [0.1, 0.15) is 10.8 Å². The lowest BCUT2D eigenvalue weighted by molar-refractivity contribution is -0.384. The van der Waals surface area contributed by atoms with Crippen molar-refractivity contribution in [3.05, 3.63) is 56.7 Å². The number of benzene rings is 1. The van der Waals surface area contributed by atoms with E-state index in [-0.39, 0.29) is 10.7 Å². The van der Waals surface area contributed by atoms with Crippen molar-refractivity contribution in [1.29, 1.82) is 0 Å². The molecule has 0 saturated carbocycles. The fraction of sp³-hybridized carbons (Fsp3) is 0.154. The van der Waals surface area contributed by atoms with Crippen LogP contribution in [-0.4, -0.2) is 9.91 Å². The standard InChI is InChI=1S/C13H10BrClN2O3/c1-8-4-9(6-14)7-16-13(8)20-10-2-3-12(17(18)19)11(15)5-10/h2-5,7H,6H2,1H3. The number of nitrogens with zero attached hydrogens (tertiary/aromatic N) is 2. The molecule has 1 aromatic heterocycles. The van der Waals surface area contributed by atoms with Crippen LogP contribution >= 0.6 is 27.5 Å². The minimum atomic E-state index is -0.541. The van der Waals surface area contributed by atoms with Crippen LogP contribution in [0.2, 0.25) is 5.02 Å². The van der Waals surface area contributed by atoms with Gasteiger partial charge in [-0.1, -0.05) is 27.5 Å². The van der Waals surface area contributed by atoms with Gasteiger partial charge in [-0.3, -0.25) is 10.1 Å². The van der Waals surface area contributed by atoms with Gasteiger partial charge in [0.2, 0.25) is 5.88 Å². The zero-order chi connectivity index (χ0) is 14.7. The zero-order valence-electron chi connectivity index (χ0n) is 10.5. The number of nitro groups is 1. The lowest BCUT2D eigenvalue weighted by Crippen LogP contribution is -1.94. The van der Waals surface area contributed by atoms with Crippen LogP contribution in [0, 0.1) is 17.0 Å². The van der Waals surface area contributed by atoms with Crippen LogP contribution < -0.4 is 4.74 Å². The molecule has 0 spiro atoms. The van der Waals surface area contributed by atoms with Gasteiger partial charge in [-0.2, -0.15) is 0 Å². The largest absolute Gasteiger partial charge is 0.439 e. The molecule has 104 valence electrons. The molecule has 0 aliphatic heterocycles. The van der Waals surface area contributed by atoms with E-state index in [1.54, 1.807) is 6.20 Å². The number of aryl methyl sites for hydroxylation is 1. The van der Waals surface area contributed by atoms with E-state index >= 15 is 0 Å². The van der Waals surface area contributed by atoms with E-state index in [1.165, 1.54) is 18.2 Å². The lowest BCUT2D eigenvalue weighted by atomic mass is 10.2. The Balaban J connectivity index is 2.26. The molecular formula is C13H10BrClN2O3. The summed E-state index contributed by atoms with van der Waals surface area (Å²) in [5.74, 6) is 0.849. The van der Waals surface area contributed by atoms with Crippen molar-refractivity contribution in [2.24, 2.45) is 0 Å². The summed E-state index contributed by atoms with van der Waals surface area (Å²) in [6.07, 6.45) is 1.70. The van der Waals surface area contributed by atoms with Crippen LogP contribution in [0.3, 0.4) is 0 Å². The average Bonchev–Trinajstić information content (AvgIpc) is 2.40. The fourth-order valence-corrected chi connectivity index (χ4v) is 2.16. The van der Waals surface area contributed by atoms with Crippen molar-refractivity contribution in [2.45, 2.75) is 12.3 Å². The number of rotatable bonds is 4. The van der Waals surface area contributed by atoms with Crippen molar-refractivity contribution in [3.63, 3.8) is 0 Å². The molecule has 20 heavy (non-hydrogen) atoms. The van der Waals surface area contributed by atoms with Crippen LogP contribution in [0.25, 0.3) is 0 Å². The Morgan fingerprint density at radius 1 is 1.45 bits per heavy atom. The molecule has 0 amide bonds. The molecular weight excluding hydrogens is 348 g/mol. The molecule has 0 aliphatic rings. The Morgan fingerprint density at radius 3 is 2.75 bits per heavy atom. The van der Waals surface area contributed by atoms with Gasteiger partial charge in [-0.05, 0) is 24.6 Å². The number of nitro benzene ring substituents is 1. The molecule has 0 fully saturated rings. The smallest absolute Gasteiger partial charge is 0.288 e. The van der Waals surface area contributed by atoms with E-state index in [4.69, 9.17) is 16.3 Å². The molecule has 0 atom stereocenters. The summed E-state index contributed by atoms with van der Waals surface area (Å²) in [7, 11) is 0. The van der Waals surface area contributed by atoms with Crippen molar-refractivity contribution >= 4 is 33.2 Å². The van der Waals surface area contributed by atoms with Gasteiger partial charge < -0.3 is 4.74 Å². The van der Waals surface area contributed by atoms with Gasteiger partial charge in [0.15, 0.2) is 0 Å². The monoisotopic (exact) mass is 356 g/mol. The van der Waals surface area contributed by atoms with Gasteiger partial charge in [0.05, 0.1) is 4.92 Å². The normalized spacial score (nSPS) is 10.3. The van der Waals surface area contributed by atoms with Crippen molar-refractivity contribution in [3.8, 4) is 11.6 Å². The minimum absolute atomic E-state index is 0.0298. The first-order valence-corrected chi connectivity index (χ1v) is 7.14. The second-order valence-electron chi connectivity index (χ2n) is 4.07. The number of hydrogen-bond acceptors (Lipinski definition) is 4. The third kappa shape index (κ3) is 3.26. The maximum absolute atomic E-state index is 10.7. The highest BCUT2D eigenvalue weighted by Crippen LogP contribution is 2.31. The fourth-order valence-electron chi connectivity index (χ4n) is 1.61. The molecule has 0 N–H and O–H groups in total. The van der Waals surface area contributed by atoms with Crippen LogP contribution in [0.4, 0.5) is 5.69 Å². The van der Waals surface area contributed by atoms with Gasteiger partial charge in [-0.25, -0.2) is 4.98 Å². The van der Waals surface area contributed by atoms with Crippen molar-refractivity contribution in [2.75, 3.05) is 0 Å². The summed E-state index contributed by atoms with van der Waals surface area (Å²) >= 11 is 9.18. The number of ether oxygens (including phenoxy) is 1. The molecule has 0 saturated heterocycles. The highest BCUT2D eigenvalue weighted by molar-refractivity contribution is 9.08. The Morgan fingerprint density at radius 2 is 2.20 bits per heavy atom. The number of hydrogen-bond donors (Lipinski definition) is 0. The van der Waals surface area contributed by atoms with Crippen LogP contribution in [0.1, 0.15) is 11.1 Å². The molecule has 7 heteroatoms. The maximum atomic E-state index is 10.7. The van der Waals surface area contributed by atoms with Gasteiger partial charge in [0, 0.05) is 29.2 Å². The van der Waals surface area contributed by atoms with Gasteiger partial charge in [-0.15, -0.1) is 0 Å². The quantitative estimate of drug-likeness (QED) is 0.454. The van der Waals surface area contributed by atoms with E-state index in [9.17, 15) is 10.1 Å². The third-order valence-corrected chi connectivity index (χ3v) is 3.52. The molecule has 2 aromatic rings. The van der Waals surface area contributed by atoms with Crippen LogP contribution in [0.5, 0.6) is 11.6 Å². The Kier molecular flexibility index (Phi) is 4.57. The number of halogens is 2. The van der Waals surface area contributed by atoms with E-state index in [1.807, 2.05) is 13.0 Å². The number of alkyl halides is 1. The predicted octanol–water partition coefficient (Wildman–Crippen LogP) is 4.64. The summed E-state index contributed by atoms with van der Waals surface area (Å²) in [5.41, 5.74) is 1.76. The highest BCUT2D eigenvalue weighted by atomic mass is 79.9. The predicted molar refractivity (Wildman–Crippen MR) is 79.8 cm³/mol. The summed E-state index contributed by atoms with van der Waals surface area (Å²) in [6.45, 7) is 1.88. The molecule has 0 bridgehead atoms. The van der Waals surface area contributed by atoms with Gasteiger partial charge >= 0.3 is 0 Å². The van der Waals surface area contributed by atoms with E-state index < -0.39 is 4.92 Å². The first-order chi connectivity index (χ1) is 9.51. The second kappa shape index (κ2) is 6.19. The molecule has 0 unspecified atom stereocenters. The van der Waals surface area contributed by atoms with E-state index in [0.29, 0.717) is 17.0 Å². The Hall–Kier alpha value is -1.66. The molecule has 1 heterocycles. The van der Waals surface area contributed by atoms with Crippen LogP contribution in [0.15, 0.2) is 30.5 Å². The molecule has 5 nitrogen and oxygen atoms in total. The molecule has 2 rings (SSSR count). The Bertz CT molecular complexity index is 664. The van der Waals surface area contributed by atoms with E-state index in [2.05, 4.69) is 20.9 Å². The summed E-state index contributed by atoms with van der Waals surface area (Å²) in [6, 6.07) is 6.15. The lowest BCUT2D eigenvalue weighted by Gasteiger charge is -2.08. The average molecular weight is 358 g/mol. The first kappa shape index (κ1) is 14.7. The van der Waals surface area contributed by atoms with E-state index in [0.717, 1.165) is 11.1 Å². The summed E-state index contributed by atoms with van der Waals surface area (Å²) in [4.78, 5) is 14.3. The van der Waals surface area contributed by atoms with Gasteiger partial charge in [0.25, 0.3) is 5.69 Å². The van der Waals surface area contributed by atoms with Crippen molar-refractivity contribution < 1.29 is 9.66 Å². The summed E-state index contributed by atoms with van der Waals surface area (Å²) in [5, 5.41) is 11.4. The topological polar surface area (TPSA) is 65.3 Å². The minimum Gasteiger partial charge on any atom is -0.439 e. The number of aromatic nitrogens is 1. The molecule has 1 aromatic carbocycles. The summed E-state index contributed by atoms with van der Waals surface area (Å²) < 4.78 is 5.59. The molecule has 0 aliphatic carbocycles. The second-order valence-corrected chi connectivity index (χ2v) is 5.04. The Labute approximate surface area is 128 Å². The zero-order valence-corrected chi connectivity index (χ0v) is 12.8. The maximum Gasteiger partial charge on any atom is 0.288 e. The highest BCUT2D eigenvalue weighted by Gasteiger charge is 2.13. The number of pyridine rings is 1.